The van der Waals surface area contributed by atoms with Crippen LogP contribution in [0.2, 0.25) is 0 Å². The minimum atomic E-state index is -0.164. The Morgan fingerprint density at radius 3 is 2.42 bits per heavy atom. The standard InChI is InChI=1S/C26H32FN3O/c1-2-24-25-18-26(12-17-31-25,20-30(24)23-6-4-3-5-7-23)29-15-13-28(14-16-29)19-21-8-10-22(27)11-9-21/h3-11H,2,12-20H2,1H3. The van der Waals surface area contributed by atoms with E-state index in [0.717, 1.165) is 65.1 Å². The zero-order valence-electron chi connectivity index (χ0n) is 18.4. The van der Waals surface area contributed by atoms with E-state index in [2.05, 4.69) is 52.0 Å². The van der Waals surface area contributed by atoms with Gasteiger partial charge in [0, 0.05) is 63.3 Å². The molecule has 2 bridgehead atoms. The highest BCUT2D eigenvalue weighted by Crippen LogP contribution is 2.43. The van der Waals surface area contributed by atoms with Gasteiger partial charge in [0.05, 0.1) is 12.3 Å². The van der Waals surface area contributed by atoms with Gasteiger partial charge < -0.3 is 9.64 Å². The van der Waals surface area contributed by atoms with Gasteiger partial charge >= 0.3 is 0 Å². The summed E-state index contributed by atoms with van der Waals surface area (Å²) in [5, 5.41) is 0. The average molecular weight is 422 g/mol. The molecule has 1 atom stereocenters. The van der Waals surface area contributed by atoms with Crippen molar-refractivity contribution in [3.8, 4) is 0 Å². The molecule has 0 spiro atoms. The number of halogens is 1. The van der Waals surface area contributed by atoms with Crippen LogP contribution in [0, 0.1) is 5.82 Å². The molecule has 0 N–H and O–H groups in total. The summed E-state index contributed by atoms with van der Waals surface area (Å²) in [4.78, 5) is 7.72. The Bertz CT molecular complexity index is 921. The highest BCUT2D eigenvalue weighted by Gasteiger charge is 2.47. The van der Waals surface area contributed by atoms with E-state index in [4.69, 9.17) is 4.74 Å². The number of allylic oxidation sites excluding steroid dienone is 1. The van der Waals surface area contributed by atoms with Gasteiger partial charge in [0.2, 0.25) is 0 Å². The Morgan fingerprint density at radius 2 is 1.71 bits per heavy atom. The summed E-state index contributed by atoms with van der Waals surface area (Å²) >= 11 is 0. The minimum Gasteiger partial charge on any atom is -0.496 e. The van der Waals surface area contributed by atoms with E-state index in [0.29, 0.717) is 0 Å². The molecule has 1 unspecified atom stereocenters. The lowest BCUT2D eigenvalue weighted by atomic mass is 9.81. The summed E-state index contributed by atoms with van der Waals surface area (Å²) in [5.74, 6) is 1.03. The first-order chi connectivity index (χ1) is 15.2. The lowest BCUT2D eigenvalue weighted by molar-refractivity contribution is -0.0249. The number of anilines is 1. The third-order valence-corrected chi connectivity index (χ3v) is 7.20. The predicted molar refractivity (Wildman–Crippen MR) is 122 cm³/mol. The Kier molecular flexibility index (Phi) is 5.72. The average Bonchev–Trinajstić information content (AvgIpc) is 2.81. The van der Waals surface area contributed by atoms with Gasteiger partial charge in [0.1, 0.15) is 11.6 Å². The molecule has 0 aromatic heterocycles. The van der Waals surface area contributed by atoms with Crippen LogP contribution in [0.1, 0.15) is 31.7 Å². The van der Waals surface area contributed by atoms with Crippen molar-refractivity contribution in [3.05, 3.63) is 77.4 Å². The largest absolute Gasteiger partial charge is 0.496 e. The van der Waals surface area contributed by atoms with Gasteiger partial charge in [0.25, 0.3) is 0 Å². The van der Waals surface area contributed by atoms with E-state index in [1.807, 2.05) is 12.1 Å². The van der Waals surface area contributed by atoms with E-state index in [9.17, 15) is 4.39 Å². The van der Waals surface area contributed by atoms with Crippen LogP contribution < -0.4 is 4.90 Å². The molecule has 2 fully saturated rings. The van der Waals surface area contributed by atoms with Crippen molar-refractivity contribution in [2.24, 2.45) is 0 Å². The van der Waals surface area contributed by atoms with Crippen molar-refractivity contribution in [1.82, 2.24) is 9.80 Å². The number of rotatable bonds is 5. The fourth-order valence-corrected chi connectivity index (χ4v) is 5.50. The van der Waals surface area contributed by atoms with Gasteiger partial charge in [-0.3, -0.25) is 9.80 Å². The Hall–Kier alpha value is -2.37. The second-order valence-corrected chi connectivity index (χ2v) is 9.03. The van der Waals surface area contributed by atoms with E-state index in [1.165, 1.54) is 22.7 Å². The minimum absolute atomic E-state index is 0.143. The fraction of sp³-hybridized carbons (Fsp3) is 0.462. The number of ether oxygens (including phenoxy) is 1. The summed E-state index contributed by atoms with van der Waals surface area (Å²) < 4.78 is 19.4. The normalized spacial score (nSPS) is 24.9. The number of para-hydroxylation sites is 1. The molecule has 31 heavy (non-hydrogen) atoms. The topological polar surface area (TPSA) is 19.0 Å². The van der Waals surface area contributed by atoms with Crippen LogP contribution in [-0.4, -0.2) is 54.7 Å². The maximum Gasteiger partial charge on any atom is 0.123 e. The van der Waals surface area contributed by atoms with Crippen LogP contribution in [0.3, 0.4) is 0 Å². The molecule has 0 saturated carbocycles. The summed E-state index contributed by atoms with van der Waals surface area (Å²) in [6, 6.07) is 17.7. The highest BCUT2D eigenvalue weighted by atomic mass is 19.1. The molecule has 5 heteroatoms. The van der Waals surface area contributed by atoms with Gasteiger partial charge in [-0.1, -0.05) is 37.3 Å². The molecule has 3 aliphatic heterocycles. The van der Waals surface area contributed by atoms with Crippen molar-refractivity contribution in [3.63, 3.8) is 0 Å². The van der Waals surface area contributed by atoms with Crippen molar-refractivity contribution >= 4 is 5.69 Å². The van der Waals surface area contributed by atoms with Crippen LogP contribution in [0.4, 0.5) is 10.1 Å². The van der Waals surface area contributed by atoms with Gasteiger partial charge in [-0.15, -0.1) is 0 Å². The van der Waals surface area contributed by atoms with Crippen LogP contribution in [0.5, 0.6) is 0 Å². The number of fused-ring (bicyclic) bond motifs is 2. The molecule has 0 amide bonds. The molecule has 0 radical (unpaired) electrons. The molecule has 3 heterocycles. The molecular weight excluding hydrogens is 389 g/mol. The highest BCUT2D eigenvalue weighted by molar-refractivity contribution is 5.55. The lowest BCUT2D eigenvalue weighted by Crippen LogP contribution is -2.64. The fourth-order valence-electron chi connectivity index (χ4n) is 5.50. The molecule has 5 rings (SSSR count). The Balaban J connectivity index is 1.32. The van der Waals surface area contributed by atoms with Crippen LogP contribution >= 0.6 is 0 Å². The third kappa shape index (κ3) is 4.09. The molecule has 2 aromatic rings. The van der Waals surface area contributed by atoms with Gasteiger partial charge in [0.15, 0.2) is 0 Å². The Labute approximate surface area is 184 Å². The summed E-state index contributed by atoms with van der Waals surface area (Å²) in [7, 11) is 0. The number of nitrogens with zero attached hydrogens (tertiary/aromatic N) is 3. The molecule has 164 valence electrons. The second-order valence-electron chi connectivity index (χ2n) is 9.03. The lowest BCUT2D eigenvalue weighted by Gasteiger charge is -2.55. The predicted octanol–water partition coefficient (Wildman–Crippen LogP) is 4.63. The number of hydrogen-bond donors (Lipinski definition) is 0. The molecule has 4 nitrogen and oxygen atoms in total. The van der Waals surface area contributed by atoms with Crippen LogP contribution in [0.25, 0.3) is 0 Å². The first-order valence-electron chi connectivity index (χ1n) is 11.6. The number of piperazine rings is 1. The van der Waals surface area contributed by atoms with E-state index >= 15 is 0 Å². The van der Waals surface area contributed by atoms with Crippen molar-refractivity contribution in [1.29, 1.82) is 0 Å². The maximum absolute atomic E-state index is 13.2. The van der Waals surface area contributed by atoms with Crippen molar-refractivity contribution in [2.45, 2.75) is 38.3 Å². The first kappa shape index (κ1) is 20.5. The van der Waals surface area contributed by atoms with Crippen LogP contribution in [0.15, 0.2) is 66.1 Å². The first-order valence-corrected chi connectivity index (χ1v) is 11.6. The monoisotopic (exact) mass is 421 g/mol. The SMILES string of the molecule is CCC1=C2CC(N3CCN(Cc4ccc(F)cc4)CC3)(CCO2)CN1c1ccccc1. The molecule has 3 aliphatic rings. The molecular formula is C26H32FN3O. The number of benzene rings is 2. The van der Waals surface area contributed by atoms with Crippen LogP contribution in [-0.2, 0) is 11.3 Å². The van der Waals surface area contributed by atoms with Gasteiger partial charge in [-0.2, -0.15) is 0 Å². The van der Waals surface area contributed by atoms with E-state index in [1.54, 1.807) is 12.1 Å². The zero-order chi connectivity index (χ0) is 21.3. The molecule has 2 saturated heterocycles. The van der Waals surface area contributed by atoms with Gasteiger partial charge in [-0.25, -0.2) is 4.39 Å². The molecule has 2 aromatic carbocycles. The van der Waals surface area contributed by atoms with Gasteiger partial charge in [-0.05, 0) is 36.2 Å². The van der Waals surface area contributed by atoms with Crippen molar-refractivity contribution in [2.75, 3.05) is 44.2 Å². The van der Waals surface area contributed by atoms with E-state index in [-0.39, 0.29) is 11.4 Å². The smallest absolute Gasteiger partial charge is 0.123 e. The molecule has 0 aliphatic carbocycles. The second kappa shape index (κ2) is 8.64. The number of hydrogen-bond acceptors (Lipinski definition) is 4. The third-order valence-electron chi connectivity index (χ3n) is 7.20. The van der Waals surface area contributed by atoms with Crippen molar-refractivity contribution < 1.29 is 9.13 Å². The quantitative estimate of drug-likeness (QED) is 0.700. The zero-order valence-corrected chi connectivity index (χ0v) is 18.4. The summed E-state index contributed by atoms with van der Waals surface area (Å²) in [6.07, 6.45) is 3.10. The maximum atomic E-state index is 13.2. The summed E-state index contributed by atoms with van der Waals surface area (Å²) in [6.45, 7) is 9.21. The van der Waals surface area contributed by atoms with E-state index < -0.39 is 0 Å². The summed E-state index contributed by atoms with van der Waals surface area (Å²) in [5.41, 5.74) is 3.94. The Morgan fingerprint density at radius 1 is 0.968 bits per heavy atom.